The van der Waals surface area contributed by atoms with E-state index in [1.807, 2.05) is 19.1 Å². The van der Waals surface area contributed by atoms with E-state index in [0.29, 0.717) is 11.8 Å². The maximum absolute atomic E-state index is 5.78. The van der Waals surface area contributed by atoms with Crippen LogP contribution in [0.2, 0.25) is 0 Å². The molecule has 1 heterocycles. The average Bonchev–Trinajstić information content (AvgIpc) is 3.15. The van der Waals surface area contributed by atoms with Crippen molar-refractivity contribution in [2.75, 3.05) is 26.7 Å². The molecule has 1 aromatic carbocycles. The van der Waals surface area contributed by atoms with Gasteiger partial charge in [-0.05, 0) is 38.3 Å². The molecule has 29 heavy (non-hydrogen) atoms. The van der Waals surface area contributed by atoms with Crippen LogP contribution in [0.4, 0.5) is 0 Å². The van der Waals surface area contributed by atoms with Crippen LogP contribution in [-0.2, 0) is 11.2 Å². The minimum Gasteiger partial charge on any atom is -0.444 e. The number of aliphatic imine (C=N–C) groups is 1. The highest BCUT2D eigenvalue weighted by atomic mass is 127. The van der Waals surface area contributed by atoms with E-state index in [1.165, 1.54) is 5.56 Å². The van der Waals surface area contributed by atoms with E-state index in [4.69, 9.17) is 9.15 Å². The second-order valence-electron chi connectivity index (χ2n) is 7.21. The van der Waals surface area contributed by atoms with Crippen molar-refractivity contribution in [1.82, 2.24) is 15.6 Å². The van der Waals surface area contributed by atoms with Gasteiger partial charge in [0.05, 0.1) is 11.8 Å². The molecule has 1 atom stereocenters. The molecule has 2 aromatic rings. The molecule has 0 saturated carbocycles. The molecule has 0 fully saturated rings. The molecule has 0 saturated heterocycles. The first-order chi connectivity index (χ1) is 13.5. The number of halogens is 1. The number of nitrogens with one attached hydrogen (secondary N) is 2. The van der Waals surface area contributed by atoms with Crippen molar-refractivity contribution in [3.05, 3.63) is 41.8 Å². The Bertz CT molecular complexity index is 729. The summed E-state index contributed by atoms with van der Waals surface area (Å²) in [7, 11) is 1.78. The summed E-state index contributed by atoms with van der Waals surface area (Å²) in [5, 5.41) is 6.68. The van der Waals surface area contributed by atoms with Gasteiger partial charge in [-0.25, -0.2) is 4.98 Å². The van der Waals surface area contributed by atoms with Gasteiger partial charge in [-0.1, -0.05) is 31.5 Å². The number of hydrogen-bond donors (Lipinski definition) is 2. The van der Waals surface area contributed by atoms with Crippen molar-refractivity contribution in [2.45, 2.75) is 46.6 Å². The molecule has 2 rings (SSSR count). The quantitative estimate of drug-likeness (QED) is 0.279. The maximum atomic E-state index is 5.78. The molecule has 6 nitrogen and oxygen atoms in total. The van der Waals surface area contributed by atoms with Crippen molar-refractivity contribution >= 4 is 29.9 Å². The minimum atomic E-state index is 0. The van der Waals surface area contributed by atoms with E-state index < -0.39 is 0 Å². The lowest BCUT2D eigenvalue weighted by molar-refractivity contribution is 0.0258. The number of ether oxygens (including phenoxy) is 1. The van der Waals surface area contributed by atoms with Crippen molar-refractivity contribution in [2.24, 2.45) is 10.9 Å². The third-order valence-corrected chi connectivity index (χ3v) is 4.59. The monoisotopic (exact) mass is 514 g/mol. The third kappa shape index (κ3) is 8.74. The van der Waals surface area contributed by atoms with Crippen LogP contribution >= 0.6 is 24.0 Å². The standard InChI is InChI=1S/C22H34N4O2.HI/c1-6-27-20(16(2)3)12-14-25-22(23-5)24-13-11-19-15-28-21(26-19)18-9-7-17(4)8-10-18;/h7-10,15-16,20H,6,11-14H2,1-5H3,(H2,23,24,25);1H. The summed E-state index contributed by atoms with van der Waals surface area (Å²) in [5.74, 6) is 1.96. The molecule has 0 aliphatic rings. The fraction of sp³-hybridized carbons (Fsp3) is 0.545. The summed E-state index contributed by atoms with van der Waals surface area (Å²) in [6.07, 6.45) is 3.72. The third-order valence-electron chi connectivity index (χ3n) is 4.59. The van der Waals surface area contributed by atoms with Gasteiger partial charge < -0.3 is 19.8 Å². The predicted octanol–water partition coefficient (Wildman–Crippen LogP) is 4.43. The Kier molecular flexibility index (Phi) is 11.9. The molecule has 0 bridgehead atoms. The van der Waals surface area contributed by atoms with E-state index in [2.05, 4.69) is 53.5 Å². The Balaban J connectivity index is 0.00000420. The predicted molar refractivity (Wildman–Crippen MR) is 130 cm³/mol. The fourth-order valence-corrected chi connectivity index (χ4v) is 2.94. The van der Waals surface area contributed by atoms with Crippen LogP contribution in [0.3, 0.4) is 0 Å². The highest BCUT2D eigenvalue weighted by Gasteiger charge is 2.13. The SMILES string of the molecule is CCOC(CCNC(=NC)NCCc1coc(-c2ccc(C)cc2)n1)C(C)C.I. The first-order valence-electron chi connectivity index (χ1n) is 10.1. The number of oxazole rings is 1. The van der Waals surface area contributed by atoms with Crippen molar-refractivity contribution < 1.29 is 9.15 Å². The van der Waals surface area contributed by atoms with Crippen LogP contribution in [0, 0.1) is 12.8 Å². The van der Waals surface area contributed by atoms with E-state index in [1.54, 1.807) is 13.3 Å². The molecule has 0 aliphatic carbocycles. The number of aryl methyl sites for hydroxylation is 1. The van der Waals surface area contributed by atoms with E-state index in [0.717, 1.165) is 49.8 Å². The van der Waals surface area contributed by atoms with Crippen LogP contribution in [0.15, 0.2) is 39.9 Å². The summed E-state index contributed by atoms with van der Waals surface area (Å²) >= 11 is 0. The smallest absolute Gasteiger partial charge is 0.226 e. The summed E-state index contributed by atoms with van der Waals surface area (Å²) < 4.78 is 11.4. The molecule has 7 heteroatoms. The van der Waals surface area contributed by atoms with Crippen LogP contribution < -0.4 is 10.6 Å². The van der Waals surface area contributed by atoms with Gasteiger partial charge >= 0.3 is 0 Å². The summed E-state index contributed by atoms with van der Waals surface area (Å²) in [5.41, 5.74) is 3.14. The largest absolute Gasteiger partial charge is 0.444 e. The Labute approximate surface area is 191 Å². The van der Waals surface area contributed by atoms with Crippen LogP contribution in [0.25, 0.3) is 11.5 Å². The Morgan fingerprint density at radius 2 is 1.86 bits per heavy atom. The van der Waals surface area contributed by atoms with Gasteiger partial charge in [0.25, 0.3) is 0 Å². The molecular formula is C22H35IN4O2. The van der Waals surface area contributed by atoms with Crippen LogP contribution in [0.1, 0.15) is 38.4 Å². The van der Waals surface area contributed by atoms with Gasteiger partial charge in [0.2, 0.25) is 5.89 Å². The number of guanidine groups is 1. The summed E-state index contributed by atoms with van der Waals surface area (Å²) in [4.78, 5) is 8.85. The number of nitrogens with zero attached hydrogens (tertiary/aromatic N) is 2. The van der Waals surface area contributed by atoms with E-state index in [-0.39, 0.29) is 30.1 Å². The number of rotatable bonds is 10. The lowest BCUT2D eigenvalue weighted by Crippen LogP contribution is -2.40. The van der Waals surface area contributed by atoms with Crippen molar-refractivity contribution in [1.29, 1.82) is 0 Å². The van der Waals surface area contributed by atoms with Crippen LogP contribution in [0.5, 0.6) is 0 Å². The van der Waals surface area contributed by atoms with Gasteiger partial charge in [0.1, 0.15) is 6.26 Å². The number of benzene rings is 1. The molecule has 0 aliphatic heterocycles. The minimum absolute atomic E-state index is 0. The lowest BCUT2D eigenvalue weighted by atomic mass is 10.0. The molecule has 162 valence electrons. The molecule has 0 spiro atoms. The van der Waals surface area contributed by atoms with Crippen molar-refractivity contribution in [3.8, 4) is 11.5 Å². The molecule has 2 N–H and O–H groups in total. The second-order valence-corrected chi connectivity index (χ2v) is 7.21. The Morgan fingerprint density at radius 1 is 1.17 bits per heavy atom. The molecule has 1 aromatic heterocycles. The Morgan fingerprint density at radius 3 is 2.48 bits per heavy atom. The first kappa shape index (κ1) is 25.4. The normalized spacial score (nSPS) is 12.6. The fourth-order valence-electron chi connectivity index (χ4n) is 2.94. The number of hydrogen-bond acceptors (Lipinski definition) is 4. The summed E-state index contributed by atoms with van der Waals surface area (Å²) in [6, 6.07) is 8.18. The molecule has 1 unspecified atom stereocenters. The zero-order valence-electron chi connectivity index (χ0n) is 18.2. The summed E-state index contributed by atoms with van der Waals surface area (Å²) in [6.45, 7) is 10.8. The molecule has 0 radical (unpaired) electrons. The Hall–Kier alpha value is -1.61. The highest BCUT2D eigenvalue weighted by molar-refractivity contribution is 14.0. The van der Waals surface area contributed by atoms with Crippen LogP contribution in [-0.4, -0.2) is 43.8 Å². The average molecular weight is 514 g/mol. The van der Waals surface area contributed by atoms with E-state index >= 15 is 0 Å². The highest BCUT2D eigenvalue weighted by Crippen LogP contribution is 2.19. The van der Waals surface area contributed by atoms with Gasteiger partial charge in [-0.15, -0.1) is 24.0 Å². The zero-order valence-corrected chi connectivity index (χ0v) is 20.5. The zero-order chi connectivity index (χ0) is 20.4. The number of aromatic nitrogens is 1. The first-order valence-corrected chi connectivity index (χ1v) is 10.1. The van der Waals surface area contributed by atoms with Crippen molar-refractivity contribution in [3.63, 3.8) is 0 Å². The van der Waals surface area contributed by atoms with Gasteiger partial charge in [0, 0.05) is 38.7 Å². The van der Waals surface area contributed by atoms with Gasteiger partial charge in [-0.2, -0.15) is 0 Å². The topological polar surface area (TPSA) is 71.7 Å². The van der Waals surface area contributed by atoms with Gasteiger partial charge in [-0.3, -0.25) is 4.99 Å². The van der Waals surface area contributed by atoms with Gasteiger partial charge in [0.15, 0.2) is 5.96 Å². The lowest BCUT2D eigenvalue weighted by Gasteiger charge is -2.21. The maximum Gasteiger partial charge on any atom is 0.226 e. The van der Waals surface area contributed by atoms with E-state index in [9.17, 15) is 0 Å². The molecular weight excluding hydrogens is 479 g/mol. The second kappa shape index (κ2) is 13.6. The molecule has 0 amide bonds.